The maximum Gasteiger partial charge on any atom is 0.0641 e. The van der Waals surface area contributed by atoms with Crippen molar-refractivity contribution >= 4 is 0 Å². The molecule has 1 aromatic rings. The topological polar surface area (TPSA) is 33.1 Å². The van der Waals surface area contributed by atoms with E-state index >= 15 is 0 Å². The summed E-state index contributed by atoms with van der Waals surface area (Å²) in [5, 5.41) is 8.19. The Labute approximate surface area is 109 Å². The number of nitrogens with zero attached hydrogens (tertiary/aromatic N) is 3. The Morgan fingerprint density at radius 3 is 2.72 bits per heavy atom. The van der Waals surface area contributed by atoms with Gasteiger partial charge in [0.15, 0.2) is 0 Å². The van der Waals surface area contributed by atoms with Crippen LogP contribution in [0.1, 0.15) is 36.6 Å². The number of hydrogen-bond acceptors (Lipinski definition) is 3. The SMILES string of the molecule is Cc1nn(C)cc1C1C(CNC2CC2)CCN1C. The molecule has 100 valence electrons. The van der Waals surface area contributed by atoms with Crippen LogP contribution in [0, 0.1) is 12.8 Å². The normalized spacial score (nSPS) is 29.1. The maximum absolute atomic E-state index is 4.50. The minimum atomic E-state index is 0.546. The van der Waals surface area contributed by atoms with Crippen molar-refractivity contribution in [3.05, 3.63) is 17.5 Å². The third-order valence-electron chi connectivity index (χ3n) is 4.39. The van der Waals surface area contributed by atoms with E-state index in [1.807, 2.05) is 11.7 Å². The van der Waals surface area contributed by atoms with Crippen LogP contribution in [0.25, 0.3) is 0 Å². The predicted molar refractivity (Wildman–Crippen MR) is 72.4 cm³/mol. The van der Waals surface area contributed by atoms with Gasteiger partial charge in [-0.25, -0.2) is 0 Å². The fourth-order valence-electron chi connectivity index (χ4n) is 3.25. The molecule has 1 N–H and O–H groups in total. The van der Waals surface area contributed by atoms with Crippen LogP contribution in [0.4, 0.5) is 0 Å². The molecule has 0 amide bonds. The molecule has 3 rings (SSSR count). The van der Waals surface area contributed by atoms with Gasteiger partial charge in [0, 0.05) is 37.4 Å². The van der Waals surface area contributed by atoms with Crippen molar-refractivity contribution in [1.82, 2.24) is 20.0 Å². The summed E-state index contributed by atoms with van der Waals surface area (Å²) in [5.41, 5.74) is 2.60. The summed E-state index contributed by atoms with van der Waals surface area (Å²) in [4.78, 5) is 2.49. The van der Waals surface area contributed by atoms with E-state index in [1.165, 1.54) is 37.1 Å². The van der Waals surface area contributed by atoms with E-state index < -0.39 is 0 Å². The summed E-state index contributed by atoms with van der Waals surface area (Å²) in [6, 6.07) is 1.36. The van der Waals surface area contributed by atoms with Crippen LogP contribution in [-0.4, -0.2) is 40.9 Å². The van der Waals surface area contributed by atoms with Crippen LogP contribution in [0.15, 0.2) is 6.20 Å². The van der Waals surface area contributed by atoms with Crippen molar-refractivity contribution in [1.29, 1.82) is 0 Å². The molecule has 2 heterocycles. The van der Waals surface area contributed by atoms with Crippen molar-refractivity contribution in [2.75, 3.05) is 20.1 Å². The summed E-state index contributed by atoms with van der Waals surface area (Å²) >= 11 is 0. The summed E-state index contributed by atoms with van der Waals surface area (Å²) in [5.74, 6) is 0.735. The molecule has 1 saturated heterocycles. The zero-order valence-corrected chi connectivity index (χ0v) is 11.7. The van der Waals surface area contributed by atoms with Gasteiger partial charge in [0.25, 0.3) is 0 Å². The number of aromatic nitrogens is 2. The Hall–Kier alpha value is -0.870. The molecule has 2 fully saturated rings. The molecule has 0 radical (unpaired) electrons. The zero-order chi connectivity index (χ0) is 12.7. The Morgan fingerprint density at radius 2 is 2.11 bits per heavy atom. The Balaban J connectivity index is 1.75. The smallest absolute Gasteiger partial charge is 0.0641 e. The Kier molecular flexibility index (Phi) is 3.16. The van der Waals surface area contributed by atoms with Crippen molar-refractivity contribution in [2.24, 2.45) is 13.0 Å². The Morgan fingerprint density at radius 1 is 1.33 bits per heavy atom. The van der Waals surface area contributed by atoms with E-state index in [0.29, 0.717) is 6.04 Å². The maximum atomic E-state index is 4.50. The van der Waals surface area contributed by atoms with E-state index in [2.05, 4.69) is 35.5 Å². The first-order chi connectivity index (χ1) is 8.65. The number of nitrogens with one attached hydrogen (secondary N) is 1. The lowest BCUT2D eigenvalue weighted by Gasteiger charge is -2.25. The van der Waals surface area contributed by atoms with Crippen molar-refractivity contribution < 1.29 is 0 Å². The lowest BCUT2D eigenvalue weighted by atomic mass is 9.94. The molecule has 18 heavy (non-hydrogen) atoms. The highest BCUT2D eigenvalue weighted by Gasteiger charge is 2.35. The van der Waals surface area contributed by atoms with Gasteiger partial charge in [-0.3, -0.25) is 9.58 Å². The number of hydrogen-bond donors (Lipinski definition) is 1. The van der Waals surface area contributed by atoms with Gasteiger partial charge >= 0.3 is 0 Å². The van der Waals surface area contributed by atoms with Crippen LogP contribution < -0.4 is 5.32 Å². The molecular formula is C14H24N4. The van der Waals surface area contributed by atoms with Gasteiger partial charge in [0.05, 0.1) is 5.69 Å². The number of likely N-dealkylation sites (tertiary alicyclic amines) is 1. The first kappa shape index (κ1) is 12.2. The molecule has 1 aromatic heterocycles. The third-order valence-corrected chi connectivity index (χ3v) is 4.39. The van der Waals surface area contributed by atoms with Crippen LogP contribution in [0.3, 0.4) is 0 Å². The van der Waals surface area contributed by atoms with Gasteiger partial charge in [0.1, 0.15) is 0 Å². The average Bonchev–Trinajstić information content (AvgIpc) is 3.00. The van der Waals surface area contributed by atoms with E-state index in [1.54, 1.807) is 0 Å². The molecule has 2 aliphatic rings. The Bertz CT molecular complexity index is 421. The monoisotopic (exact) mass is 248 g/mol. The minimum absolute atomic E-state index is 0.546. The molecule has 4 heteroatoms. The zero-order valence-electron chi connectivity index (χ0n) is 11.7. The largest absolute Gasteiger partial charge is 0.314 e. The van der Waals surface area contributed by atoms with Gasteiger partial charge in [-0.05, 0) is 45.7 Å². The van der Waals surface area contributed by atoms with Crippen LogP contribution in [0.2, 0.25) is 0 Å². The van der Waals surface area contributed by atoms with Gasteiger partial charge in [-0.2, -0.15) is 5.10 Å². The average molecular weight is 248 g/mol. The van der Waals surface area contributed by atoms with Crippen molar-refractivity contribution in [3.63, 3.8) is 0 Å². The lowest BCUT2D eigenvalue weighted by molar-refractivity contribution is 0.271. The first-order valence-corrected chi connectivity index (χ1v) is 7.09. The minimum Gasteiger partial charge on any atom is -0.314 e. The molecule has 0 spiro atoms. The molecule has 0 bridgehead atoms. The fraction of sp³-hybridized carbons (Fsp3) is 0.786. The van der Waals surface area contributed by atoms with E-state index in [9.17, 15) is 0 Å². The highest BCUT2D eigenvalue weighted by molar-refractivity contribution is 5.22. The molecule has 1 aliphatic heterocycles. The van der Waals surface area contributed by atoms with Gasteiger partial charge in [-0.15, -0.1) is 0 Å². The predicted octanol–water partition coefficient (Wildman–Crippen LogP) is 1.47. The molecule has 0 aromatic carbocycles. The summed E-state index contributed by atoms with van der Waals surface area (Å²) in [6.45, 7) is 4.50. The van der Waals surface area contributed by atoms with Crippen LogP contribution in [0.5, 0.6) is 0 Å². The molecule has 1 aliphatic carbocycles. The third kappa shape index (κ3) is 2.31. The number of aryl methyl sites for hydroxylation is 2. The molecule has 4 nitrogen and oxygen atoms in total. The highest BCUT2D eigenvalue weighted by Crippen LogP contribution is 2.37. The van der Waals surface area contributed by atoms with Gasteiger partial charge in [-0.1, -0.05) is 0 Å². The van der Waals surface area contributed by atoms with Gasteiger partial charge < -0.3 is 5.32 Å². The standard InChI is InChI=1S/C14H24N4/c1-10-13(9-18(3)16-10)14-11(6-7-17(14)2)8-15-12-4-5-12/h9,11-12,14-15H,4-8H2,1-3H3. The summed E-state index contributed by atoms with van der Waals surface area (Å²) in [7, 11) is 4.26. The van der Waals surface area contributed by atoms with Crippen LogP contribution in [-0.2, 0) is 7.05 Å². The van der Waals surface area contributed by atoms with E-state index in [4.69, 9.17) is 0 Å². The van der Waals surface area contributed by atoms with E-state index in [-0.39, 0.29) is 0 Å². The quantitative estimate of drug-likeness (QED) is 0.876. The molecular weight excluding hydrogens is 224 g/mol. The highest BCUT2D eigenvalue weighted by atomic mass is 15.3. The summed E-state index contributed by atoms with van der Waals surface area (Å²) in [6.07, 6.45) is 6.25. The van der Waals surface area contributed by atoms with Crippen LogP contribution >= 0.6 is 0 Å². The first-order valence-electron chi connectivity index (χ1n) is 7.09. The molecule has 1 saturated carbocycles. The fourth-order valence-corrected chi connectivity index (χ4v) is 3.25. The number of rotatable bonds is 4. The van der Waals surface area contributed by atoms with Crippen molar-refractivity contribution in [2.45, 2.75) is 38.3 Å². The lowest BCUT2D eigenvalue weighted by Crippen LogP contribution is -2.29. The second-order valence-electron chi connectivity index (χ2n) is 6.00. The molecule has 2 unspecified atom stereocenters. The van der Waals surface area contributed by atoms with E-state index in [0.717, 1.165) is 18.5 Å². The second kappa shape index (κ2) is 4.67. The second-order valence-corrected chi connectivity index (χ2v) is 6.00. The van der Waals surface area contributed by atoms with Gasteiger partial charge in [0.2, 0.25) is 0 Å². The van der Waals surface area contributed by atoms with Crippen molar-refractivity contribution in [3.8, 4) is 0 Å². The summed E-state index contributed by atoms with van der Waals surface area (Å²) < 4.78 is 1.95. The molecule has 2 atom stereocenters.